The molecule has 0 aromatic carbocycles. The van der Waals surface area contributed by atoms with Crippen molar-refractivity contribution in [2.75, 3.05) is 26.6 Å². The number of unbranched alkanes of at least 4 members (excludes halogenated alkanes) is 1. The van der Waals surface area contributed by atoms with Crippen LogP contribution in [0.2, 0.25) is 0 Å². The molecule has 0 aliphatic heterocycles. The highest BCUT2D eigenvalue weighted by atomic mass is 32.2. The average molecular weight is 270 g/mol. The molecule has 0 saturated heterocycles. The Kier molecular flexibility index (Phi) is 9.26. The fraction of sp³-hybridized carbons (Fsp3) is 0.889. The number of phosphoric acid groups is 1. The molecule has 0 bridgehead atoms. The molecule has 0 N–H and O–H groups in total. The summed E-state index contributed by atoms with van der Waals surface area (Å²) in [6, 6.07) is 0. The van der Waals surface area contributed by atoms with Crippen LogP contribution in [0, 0.1) is 0 Å². The molecule has 0 spiro atoms. The summed E-state index contributed by atoms with van der Waals surface area (Å²) < 4.78 is 25.6. The molecule has 0 amide bonds. The molecule has 0 aliphatic carbocycles. The third kappa shape index (κ3) is 7.41. The smallest absolute Gasteiger partial charge is 0.290 e. The molecule has 0 fully saturated rings. The summed E-state index contributed by atoms with van der Waals surface area (Å²) in [5.74, 6) is 0.764. The van der Waals surface area contributed by atoms with Crippen LogP contribution in [-0.2, 0) is 22.9 Å². The summed E-state index contributed by atoms with van der Waals surface area (Å²) in [6.45, 7) is 2.14. The monoisotopic (exact) mass is 270 g/mol. The first-order valence-electron chi connectivity index (χ1n) is 5.09. The summed E-state index contributed by atoms with van der Waals surface area (Å²) in [4.78, 5) is 10.9. The van der Waals surface area contributed by atoms with Gasteiger partial charge in [0, 0.05) is 26.4 Å². The second-order valence-electron chi connectivity index (χ2n) is 2.93. The molecule has 7 heteroatoms. The minimum absolute atomic E-state index is 0.195. The first kappa shape index (κ1) is 16.1. The lowest BCUT2D eigenvalue weighted by Crippen LogP contribution is -1.98. The van der Waals surface area contributed by atoms with E-state index >= 15 is 0 Å². The van der Waals surface area contributed by atoms with Gasteiger partial charge in [0.2, 0.25) is 0 Å². The van der Waals surface area contributed by atoms with E-state index in [0.29, 0.717) is 13.0 Å². The normalized spacial score (nSPS) is 11.7. The van der Waals surface area contributed by atoms with E-state index in [0.717, 1.165) is 18.6 Å². The Hall–Kier alpha value is 0.130. The van der Waals surface area contributed by atoms with Crippen molar-refractivity contribution in [2.24, 2.45) is 0 Å². The SMILES string of the molecule is CCC(=O)SCCCCOP(=O)(OC)OC. The maximum absolute atomic E-state index is 11.4. The molecule has 0 heterocycles. The number of carbonyl (C=O) groups excluding carboxylic acids is 1. The zero-order valence-electron chi connectivity index (χ0n) is 9.93. The number of hydrogen-bond acceptors (Lipinski definition) is 6. The van der Waals surface area contributed by atoms with Crippen molar-refractivity contribution in [3.8, 4) is 0 Å². The molecule has 0 rings (SSSR count). The summed E-state index contributed by atoms with van der Waals surface area (Å²) in [7, 11) is -0.773. The van der Waals surface area contributed by atoms with Crippen molar-refractivity contribution in [2.45, 2.75) is 26.2 Å². The standard InChI is InChI=1S/C9H19O5PS/c1-4-9(10)16-8-6-5-7-14-15(11,12-2)13-3/h4-8H2,1-3H3. The highest BCUT2D eigenvalue weighted by molar-refractivity contribution is 8.13. The first-order valence-corrected chi connectivity index (χ1v) is 7.54. The van der Waals surface area contributed by atoms with Gasteiger partial charge in [0.15, 0.2) is 5.12 Å². The Balaban J connectivity index is 3.47. The number of phosphoric ester groups is 1. The topological polar surface area (TPSA) is 61.8 Å². The van der Waals surface area contributed by atoms with Crippen LogP contribution in [0.4, 0.5) is 0 Å². The van der Waals surface area contributed by atoms with Gasteiger partial charge in [0.25, 0.3) is 0 Å². The fourth-order valence-electron chi connectivity index (χ4n) is 0.848. The first-order chi connectivity index (χ1) is 7.58. The number of thioether (sulfide) groups is 1. The average Bonchev–Trinajstić information content (AvgIpc) is 2.32. The lowest BCUT2D eigenvalue weighted by atomic mass is 10.4. The fourth-order valence-corrected chi connectivity index (χ4v) is 2.34. The third-order valence-electron chi connectivity index (χ3n) is 1.79. The summed E-state index contributed by atoms with van der Waals surface area (Å²) in [6.07, 6.45) is 2.12. The van der Waals surface area contributed by atoms with E-state index in [9.17, 15) is 9.36 Å². The van der Waals surface area contributed by atoms with Crippen molar-refractivity contribution in [3.05, 3.63) is 0 Å². The largest absolute Gasteiger partial charge is 0.474 e. The second-order valence-corrected chi connectivity index (χ2v) is 5.96. The van der Waals surface area contributed by atoms with Gasteiger partial charge in [-0.25, -0.2) is 4.57 Å². The van der Waals surface area contributed by atoms with E-state index < -0.39 is 7.82 Å². The molecule has 96 valence electrons. The van der Waals surface area contributed by atoms with Gasteiger partial charge < -0.3 is 0 Å². The molecule has 0 unspecified atom stereocenters. The van der Waals surface area contributed by atoms with Crippen LogP contribution >= 0.6 is 19.6 Å². The number of hydrogen-bond donors (Lipinski definition) is 0. The van der Waals surface area contributed by atoms with Crippen molar-refractivity contribution in [1.29, 1.82) is 0 Å². The van der Waals surface area contributed by atoms with Crippen LogP contribution in [0.15, 0.2) is 0 Å². The van der Waals surface area contributed by atoms with Gasteiger partial charge in [-0.15, -0.1) is 0 Å². The quantitative estimate of drug-likeness (QED) is 0.474. The van der Waals surface area contributed by atoms with Crippen molar-refractivity contribution < 1.29 is 22.9 Å². The van der Waals surface area contributed by atoms with E-state index in [1.807, 2.05) is 6.92 Å². The summed E-state index contributed by atoms with van der Waals surface area (Å²) >= 11 is 1.32. The lowest BCUT2D eigenvalue weighted by Gasteiger charge is -2.12. The molecule has 16 heavy (non-hydrogen) atoms. The molecule has 0 radical (unpaired) electrons. The van der Waals surface area contributed by atoms with E-state index in [1.54, 1.807) is 0 Å². The summed E-state index contributed by atoms with van der Waals surface area (Å²) in [5.41, 5.74) is 0. The van der Waals surface area contributed by atoms with Crippen molar-refractivity contribution in [1.82, 2.24) is 0 Å². The molecule has 0 aromatic heterocycles. The van der Waals surface area contributed by atoms with E-state index in [4.69, 9.17) is 4.52 Å². The molecule has 5 nitrogen and oxygen atoms in total. The van der Waals surface area contributed by atoms with Crippen LogP contribution in [0.25, 0.3) is 0 Å². The summed E-state index contributed by atoms with van der Waals surface area (Å²) in [5, 5.41) is 0.195. The molecule has 0 saturated carbocycles. The maximum Gasteiger partial charge on any atom is 0.474 e. The molecular formula is C9H19O5PS. The van der Waals surface area contributed by atoms with Gasteiger partial charge in [-0.2, -0.15) is 0 Å². The Bertz CT molecular complexity index is 238. The predicted octanol–water partition coefficient (Wildman–Crippen LogP) is 2.85. The Labute approximate surface area is 101 Å². The number of carbonyl (C=O) groups is 1. The van der Waals surface area contributed by atoms with Crippen LogP contribution in [0.3, 0.4) is 0 Å². The molecule has 0 atom stereocenters. The van der Waals surface area contributed by atoms with Gasteiger partial charge in [0.05, 0.1) is 6.61 Å². The minimum Gasteiger partial charge on any atom is -0.290 e. The maximum atomic E-state index is 11.4. The molecule has 0 aliphatic rings. The zero-order chi connectivity index (χ0) is 12.4. The van der Waals surface area contributed by atoms with Gasteiger partial charge in [-0.05, 0) is 12.8 Å². The zero-order valence-corrected chi connectivity index (χ0v) is 11.6. The number of rotatable bonds is 9. The Morgan fingerprint density at radius 1 is 1.25 bits per heavy atom. The van der Waals surface area contributed by atoms with E-state index in [-0.39, 0.29) is 5.12 Å². The van der Waals surface area contributed by atoms with E-state index in [1.165, 1.54) is 26.0 Å². The third-order valence-corrected chi connectivity index (χ3v) is 4.28. The highest BCUT2D eigenvalue weighted by Gasteiger charge is 2.21. The van der Waals surface area contributed by atoms with Crippen LogP contribution in [0.5, 0.6) is 0 Å². The van der Waals surface area contributed by atoms with Crippen molar-refractivity contribution >= 4 is 24.7 Å². The highest BCUT2D eigenvalue weighted by Crippen LogP contribution is 2.47. The van der Waals surface area contributed by atoms with E-state index in [2.05, 4.69) is 9.05 Å². The van der Waals surface area contributed by atoms with Gasteiger partial charge in [-0.1, -0.05) is 18.7 Å². The van der Waals surface area contributed by atoms with Crippen LogP contribution in [-0.4, -0.2) is 31.7 Å². The van der Waals surface area contributed by atoms with Gasteiger partial charge in [-0.3, -0.25) is 18.4 Å². The minimum atomic E-state index is -3.33. The Morgan fingerprint density at radius 2 is 1.88 bits per heavy atom. The molecule has 0 aromatic rings. The van der Waals surface area contributed by atoms with Gasteiger partial charge in [0.1, 0.15) is 0 Å². The predicted molar refractivity (Wildman–Crippen MR) is 64.6 cm³/mol. The van der Waals surface area contributed by atoms with Crippen LogP contribution in [0.1, 0.15) is 26.2 Å². The lowest BCUT2D eigenvalue weighted by molar-refractivity contribution is -0.110. The second kappa shape index (κ2) is 9.19. The van der Waals surface area contributed by atoms with Crippen molar-refractivity contribution in [3.63, 3.8) is 0 Å². The van der Waals surface area contributed by atoms with Crippen LogP contribution < -0.4 is 0 Å². The molecular weight excluding hydrogens is 251 g/mol. The Morgan fingerprint density at radius 3 is 2.38 bits per heavy atom. The van der Waals surface area contributed by atoms with Gasteiger partial charge >= 0.3 is 7.82 Å².